The van der Waals surface area contributed by atoms with Gasteiger partial charge in [-0.05, 0) is 43.7 Å². The molecule has 0 amide bonds. The summed E-state index contributed by atoms with van der Waals surface area (Å²) in [7, 11) is 0. The molecule has 1 saturated carbocycles. The molecule has 2 rings (SSSR count). The molecule has 1 aromatic rings. The fourth-order valence-electron chi connectivity index (χ4n) is 2.60. The standard InChI is InChI=1S/C14H24N2/c1-3-7-14(8-9-14)12-15-11-13-6-5-10-16(13)4-2/h5-6,10,15H,3-4,7-9,11-12H2,1-2H3. The van der Waals surface area contributed by atoms with Crippen molar-refractivity contribution in [3.63, 3.8) is 0 Å². The Balaban J connectivity index is 1.76. The number of rotatable bonds is 7. The van der Waals surface area contributed by atoms with Gasteiger partial charge in [0.25, 0.3) is 0 Å². The second-order valence-corrected chi connectivity index (χ2v) is 5.14. The molecule has 0 spiro atoms. The highest BCUT2D eigenvalue weighted by atomic mass is 15.0. The van der Waals surface area contributed by atoms with Gasteiger partial charge in [0, 0.05) is 31.5 Å². The monoisotopic (exact) mass is 220 g/mol. The summed E-state index contributed by atoms with van der Waals surface area (Å²) < 4.78 is 2.31. The molecule has 1 N–H and O–H groups in total. The number of nitrogens with zero attached hydrogens (tertiary/aromatic N) is 1. The quantitative estimate of drug-likeness (QED) is 0.747. The van der Waals surface area contributed by atoms with Crippen LogP contribution in [0.1, 0.15) is 45.2 Å². The molecule has 2 heteroatoms. The van der Waals surface area contributed by atoms with E-state index in [-0.39, 0.29) is 0 Å². The predicted molar refractivity (Wildman–Crippen MR) is 68.4 cm³/mol. The molecule has 1 fully saturated rings. The van der Waals surface area contributed by atoms with E-state index >= 15 is 0 Å². The Morgan fingerprint density at radius 2 is 2.19 bits per heavy atom. The number of nitrogens with one attached hydrogen (secondary N) is 1. The van der Waals surface area contributed by atoms with E-state index < -0.39 is 0 Å². The van der Waals surface area contributed by atoms with Crippen LogP contribution in [0.3, 0.4) is 0 Å². The van der Waals surface area contributed by atoms with E-state index in [1.54, 1.807) is 0 Å². The van der Waals surface area contributed by atoms with Crippen LogP contribution in [0.5, 0.6) is 0 Å². The lowest BCUT2D eigenvalue weighted by Gasteiger charge is -2.15. The molecule has 0 saturated heterocycles. The largest absolute Gasteiger partial charge is 0.351 e. The van der Waals surface area contributed by atoms with Crippen LogP contribution in [-0.2, 0) is 13.1 Å². The zero-order valence-electron chi connectivity index (χ0n) is 10.6. The summed E-state index contributed by atoms with van der Waals surface area (Å²) in [5.41, 5.74) is 2.08. The lowest BCUT2D eigenvalue weighted by atomic mass is 10.0. The Morgan fingerprint density at radius 3 is 2.81 bits per heavy atom. The third-order valence-electron chi connectivity index (χ3n) is 3.81. The fraction of sp³-hybridized carbons (Fsp3) is 0.714. The van der Waals surface area contributed by atoms with Crippen molar-refractivity contribution in [1.82, 2.24) is 9.88 Å². The van der Waals surface area contributed by atoms with Crippen LogP contribution in [0.25, 0.3) is 0 Å². The summed E-state index contributed by atoms with van der Waals surface area (Å²) in [5, 5.41) is 3.63. The molecule has 0 aliphatic heterocycles. The summed E-state index contributed by atoms with van der Waals surface area (Å²) >= 11 is 0. The van der Waals surface area contributed by atoms with E-state index in [1.807, 2.05) is 0 Å². The lowest BCUT2D eigenvalue weighted by Crippen LogP contribution is -2.24. The van der Waals surface area contributed by atoms with Gasteiger partial charge in [-0.1, -0.05) is 13.3 Å². The number of aromatic nitrogens is 1. The first-order valence-electron chi connectivity index (χ1n) is 6.64. The molecule has 0 aromatic carbocycles. The number of aryl methyl sites for hydroxylation is 1. The van der Waals surface area contributed by atoms with Gasteiger partial charge in [-0.25, -0.2) is 0 Å². The van der Waals surface area contributed by atoms with Gasteiger partial charge in [0.15, 0.2) is 0 Å². The predicted octanol–water partition coefficient (Wildman–Crippen LogP) is 3.18. The molecule has 16 heavy (non-hydrogen) atoms. The van der Waals surface area contributed by atoms with E-state index in [0.29, 0.717) is 5.41 Å². The highest BCUT2D eigenvalue weighted by Gasteiger charge is 2.40. The minimum Gasteiger partial charge on any atom is -0.351 e. The number of hydrogen-bond donors (Lipinski definition) is 1. The Labute approximate surface area is 99.0 Å². The molecule has 0 bridgehead atoms. The first kappa shape index (κ1) is 11.7. The molecule has 1 aromatic heterocycles. The Kier molecular flexibility index (Phi) is 3.70. The summed E-state index contributed by atoms with van der Waals surface area (Å²) in [4.78, 5) is 0. The fourth-order valence-corrected chi connectivity index (χ4v) is 2.60. The molecule has 0 radical (unpaired) electrons. The highest BCUT2D eigenvalue weighted by Crippen LogP contribution is 2.48. The van der Waals surface area contributed by atoms with Crippen molar-refractivity contribution in [2.75, 3.05) is 6.54 Å². The summed E-state index contributed by atoms with van der Waals surface area (Å²) in [5.74, 6) is 0. The molecular formula is C14H24N2. The van der Waals surface area contributed by atoms with Crippen LogP contribution < -0.4 is 5.32 Å². The van der Waals surface area contributed by atoms with Crippen molar-refractivity contribution in [2.24, 2.45) is 5.41 Å². The molecule has 2 nitrogen and oxygen atoms in total. The first-order chi connectivity index (χ1) is 7.79. The normalized spacial score (nSPS) is 17.6. The Morgan fingerprint density at radius 1 is 1.38 bits per heavy atom. The maximum absolute atomic E-state index is 3.63. The summed E-state index contributed by atoms with van der Waals surface area (Å²) in [6, 6.07) is 4.36. The average Bonchev–Trinajstić information content (AvgIpc) is 2.90. The highest BCUT2D eigenvalue weighted by molar-refractivity contribution is 5.07. The van der Waals surface area contributed by atoms with Crippen molar-refractivity contribution in [1.29, 1.82) is 0 Å². The van der Waals surface area contributed by atoms with Gasteiger partial charge < -0.3 is 9.88 Å². The van der Waals surface area contributed by atoms with Gasteiger partial charge in [0.1, 0.15) is 0 Å². The van der Waals surface area contributed by atoms with Crippen LogP contribution in [0.15, 0.2) is 18.3 Å². The van der Waals surface area contributed by atoms with E-state index in [1.165, 1.54) is 37.9 Å². The minimum absolute atomic E-state index is 0.665. The smallest absolute Gasteiger partial charge is 0.0359 e. The molecule has 1 heterocycles. The second kappa shape index (κ2) is 5.05. The topological polar surface area (TPSA) is 17.0 Å². The Hall–Kier alpha value is -0.760. The number of hydrogen-bond acceptors (Lipinski definition) is 1. The van der Waals surface area contributed by atoms with Gasteiger partial charge in [-0.3, -0.25) is 0 Å². The molecule has 1 aliphatic rings. The van der Waals surface area contributed by atoms with Crippen molar-refractivity contribution >= 4 is 0 Å². The SMILES string of the molecule is CCCC1(CNCc2cccn2CC)CC1. The summed E-state index contributed by atoms with van der Waals surface area (Å²) in [6.07, 6.45) is 7.75. The minimum atomic E-state index is 0.665. The zero-order valence-corrected chi connectivity index (χ0v) is 10.6. The van der Waals surface area contributed by atoms with Crippen molar-refractivity contribution in [3.8, 4) is 0 Å². The second-order valence-electron chi connectivity index (χ2n) is 5.14. The third-order valence-corrected chi connectivity index (χ3v) is 3.81. The van der Waals surface area contributed by atoms with Crippen LogP contribution in [0, 0.1) is 5.41 Å². The zero-order chi connectivity index (χ0) is 11.4. The third kappa shape index (κ3) is 2.67. The lowest BCUT2D eigenvalue weighted by molar-refractivity contribution is 0.417. The average molecular weight is 220 g/mol. The van der Waals surface area contributed by atoms with E-state index in [0.717, 1.165) is 13.1 Å². The van der Waals surface area contributed by atoms with Crippen LogP contribution in [0.2, 0.25) is 0 Å². The van der Waals surface area contributed by atoms with Crippen molar-refractivity contribution in [3.05, 3.63) is 24.0 Å². The van der Waals surface area contributed by atoms with Crippen molar-refractivity contribution < 1.29 is 0 Å². The van der Waals surface area contributed by atoms with E-state index in [4.69, 9.17) is 0 Å². The van der Waals surface area contributed by atoms with Gasteiger partial charge in [-0.15, -0.1) is 0 Å². The molecular weight excluding hydrogens is 196 g/mol. The van der Waals surface area contributed by atoms with Crippen LogP contribution in [0.4, 0.5) is 0 Å². The van der Waals surface area contributed by atoms with Crippen LogP contribution in [-0.4, -0.2) is 11.1 Å². The summed E-state index contributed by atoms with van der Waals surface area (Å²) in [6.45, 7) is 7.79. The molecule has 0 unspecified atom stereocenters. The van der Waals surface area contributed by atoms with E-state index in [9.17, 15) is 0 Å². The molecule has 90 valence electrons. The van der Waals surface area contributed by atoms with Gasteiger partial charge >= 0.3 is 0 Å². The molecule has 1 aliphatic carbocycles. The Bertz CT molecular complexity index is 323. The maximum atomic E-state index is 3.63. The van der Waals surface area contributed by atoms with Gasteiger partial charge in [-0.2, -0.15) is 0 Å². The van der Waals surface area contributed by atoms with E-state index in [2.05, 4.69) is 42.1 Å². The van der Waals surface area contributed by atoms with Crippen LogP contribution >= 0.6 is 0 Å². The van der Waals surface area contributed by atoms with Gasteiger partial charge in [0.05, 0.1) is 0 Å². The maximum Gasteiger partial charge on any atom is 0.0359 e. The van der Waals surface area contributed by atoms with Crippen molar-refractivity contribution in [2.45, 2.75) is 52.6 Å². The molecule has 0 atom stereocenters. The van der Waals surface area contributed by atoms with Gasteiger partial charge in [0.2, 0.25) is 0 Å². The first-order valence-corrected chi connectivity index (χ1v) is 6.64.